The second-order valence-corrected chi connectivity index (χ2v) is 3.92. The van der Waals surface area contributed by atoms with Crippen LogP contribution in [0.25, 0.3) is 0 Å². The summed E-state index contributed by atoms with van der Waals surface area (Å²) in [5, 5.41) is 5.89. The first-order chi connectivity index (χ1) is 7.63. The average molecular weight is 245 g/mol. The largest absolute Gasteiger partial charge is 0.469 e. The first-order valence-electron chi connectivity index (χ1n) is 4.52. The summed E-state index contributed by atoms with van der Waals surface area (Å²) >= 11 is 1.18. The van der Waals surface area contributed by atoms with Crippen molar-refractivity contribution in [2.75, 3.05) is 12.9 Å². The van der Waals surface area contributed by atoms with Crippen LogP contribution in [0.1, 0.15) is 12.8 Å². The summed E-state index contributed by atoms with van der Waals surface area (Å²) in [5.74, 6) is 0.265. The Balaban J connectivity index is 2.41. The molecule has 88 valence electrons. The maximum Gasteiger partial charge on any atom is 0.342 e. The van der Waals surface area contributed by atoms with Gasteiger partial charge in [-0.25, -0.2) is 9.89 Å². The molecule has 0 radical (unpaired) electrons. The summed E-state index contributed by atoms with van der Waals surface area (Å²) < 4.78 is 4.46. The number of carbonyl (C=O) groups excluding carboxylic acids is 1. The Morgan fingerprint density at radius 1 is 1.50 bits per heavy atom. The number of nitrogens with one attached hydrogen (secondary N) is 2. The molecule has 0 bridgehead atoms. The van der Waals surface area contributed by atoms with E-state index in [-0.39, 0.29) is 11.0 Å². The third-order valence-corrected chi connectivity index (χ3v) is 2.71. The Hall–Kier alpha value is -1.57. The van der Waals surface area contributed by atoms with Gasteiger partial charge in [0.2, 0.25) is 0 Å². The van der Waals surface area contributed by atoms with E-state index in [1.807, 2.05) is 0 Å². The van der Waals surface area contributed by atoms with Crippen LogP contribution in [0.5, 0.6) is 0 Å². The lowest BCUT2D eigenvalue weighted by Gasteiger charge is -1.98. The van der Waals surface area contributed by atoms with Crippen molar-refractivity contribution in [3.63, 3.8) is 0 Å². The third kappa shape index (κ3) is 3.89. The van der Waals surface area contributed by atoms with Crippen molar-refractivity contribution in [3.05, 3.63) is 20.8 Å². The Kier molecular flexibility index (Phi) is 4.77. The van der Waals surface area contributed by atoms with E-state index in [4.69, 9.17) is 0 Å². The van der Waals surface area contributed by atoms with Crippen LogP contribution < -0.4 is 11.2 Å². The van der Waals surface area contributed by atoms with Gasteiger partial charge in [0.15, 0.2) is 5.03 Å². The standard InChI is InChI=1S/C8H11N3O4S/c1-15-5(12)3-2-4-16-7-6(13)9-8(14)11-10-7/h2-4H2,1H3,(H2,9,11,13,14). The van der Waals surface area contributed by atoms with Crippen LogP contribution in [0, 0.1) is 0 Å². The lowest BCUT2D eigenvalue weighted by molar-refractivity contribution is -0.140. The highest BCUT2D eigenvalue weighted by atomic mass is 32.2. The molecule has 0 aromatic carbocycles. The van der Waals surface area contributed by atoms with Crippen LogP contribution in [0.4, 0.5) is 0 Å². The number of ether oxygens (including phenoxy) is 1. The third-order valence-electron chi connectivity index (χ3n) is 1.67. The van der Waals surface area contributed by atoms with Crippen LogP contribution in [-0.2, 0) is 9.53 Å². The fourth-order valence-corrected chi connectivity index (χ4v) is 1.70. The molecule has 1 heterocycles. The van der Waals surface area contributed by atoms with Crippen molar-refractivity contribution in [1.82, 2.24) is 15.2 Å². The predicted molar refractivity (Wildman–Crippen MR) is 57.5 cm³/mol. The van der Waals surface area contributed by atoms with E-state index in [1.54, 1.807) is 0 Å². The number of hydrogen-bond acceptors (Lipinski definition) is 6. The fraction of sp³-hybridized carbons (Fsp3) is 0.500. The van der Waals surface area contributed by atoms with Crippen LogP contribution in [0.2, 0.25) is 0 Å². The number of methoxy groups -OCH3 is 1. The van der Waals surface area contributed by atoms with E-state index >= 15 is 0 Å². The molecule has 1 aromatic heterocycles. The predicted octanol–water partition coefficient (Wildman–Crippen LogP) is -0.497. The van der Waals surface area contributed by atoms with Crippen LogP contribution in [0.15, 0.2) is 14.6 Å². The van der Waals surface area contributed by atoms with Crippen LogP contribution in [0.3, 0.4) is 0 Å². The quantitative estimate of drug-likeness (QED) is 0.412. The lowest BCUT2D eigenvalue weighted by Crippen LogP contribution is -2.25. The maximum atomic E-state index is 11.2. The van der Waals surface area contributed by atoms with Crippen molar-refractivity contribution in [2.45, 2.75) is 17.9 Å². The smallest absolute Gasteiger partial charge is 0.342 e. The molecule has 0 spiro atoms. The molecule has 2 N–H and O–H groups in total. The molecule has 0 saturated heterocycles. The zero-order valence-corrected chi connectivity index (χ0v) is 9.43. The van der Waals surface area contributed by atoms with E-state index in [1.165, 1.54) is 18.9 Å². The molecule has 0 atom stereocenters. The molecule has 16 heavy (non-hydrogen) atoms. The first-order valence-corrected chi connectivity index (χ1v) is 5.50. The van der Waals surface area contributed by atoms with Crippen LogP contribution in [-0.4, -0.2) is 34.0 Å². The number of hydrogen-bond donors (Lipinski definition) is 2. The van der Waals surface area contributed by atoms with E-state index in [2.05, 4.69) is 19.9 Å². The minimum Gasteiger partial charge on any atom is -0.469 e. The van der Waals surface area contributed by atoms with E-state index in [0.717, 1.165) is 0 Å². The van der Waals surface area contributed by atoms with Gasteiger partial charge in [0.25, 0.3) is 5.56 Å². The Bertz CT molecular complexity index is 467. The molecule has 0 aliphatic carbocycles. The zero-order chi connectivity index (χ0) is 12.0. The van der Waals surface area contributed by atoms with Gasteiger partial charge in [-0.3, -0.25) is 14.6 Å². The highest BCUT2D eigenvalue weighted by Crippen LogP contribution is 2.10. The van der Waals surface area contributed by atoms with Crippen molar-refractivity contribution in [3.8, 4) is 0 Å². The number of H-pyrrole nitrogens is 2. The molecular formula is C8H11N3O4S. The first kappa shape index (κ1) is 12.5. The van der Waals surface area contributed by atoms with E-state index in [0.29, 0.717) is 18.6 Å². The highest BCUT2D eigenvalue weighted by Gasteiger charge is 2.04. The summed E-state index contributed by atoms with van der Waals surface area (Å²) in [6, 6.07) is 0. The number of nitrogens with zero attached hydrogens (tertiary/aromatic N) is 1. The van der Waals surface area contributed by atoms with Crippen molar-refractivity contribution < 1.29 is 9.53 Å². The molecule has 8 heteroatoms. The zero-order valence-electron chi connectivity index (χ0n) is 8.61. The number of rotatable bonds is 5. The summed E-state index contributed by atoms with van der Waals surface area (Å²) in [5.41, 5.74) is -1.16. The number of esters is 1. The van der Waals surface area contributed by atoms with Gasteiger partial charge in [-0.05, 0) is 6.42 Å². The Morgan fingerprint density at radius 3 is 2.88 bits per heavy atom. The highest BCUT2D eigenvalue weighted by molar-refractivity contribution is 7.99. The van der Waals surface area contributed by atoms with Gasteiger partial charge in [0.1, 0.15) is 0 Å². The van der Waals surface area contributed by atoms with Crippen molar-refractivity contribution in [1.29, 1.82) is 0 Å². The number of aromatic amines is 2. The number of carbonyl (C=O) groups is 1. The molecule has 0 aliphatic heterocycles. The number of thioether (sulfide) groups is 1. The minimum atomic E-state index is -0.635. The lowest BCUT2D eigenvalue weighted by atomic mass is 10.3. The maximum absolute atomic E-state index is 11.2. The topological polar surface area (TPSA) is 105 Å². The number of aromatic nitrogens is 3. The molecule has 0 unspecified atom stereocenters. The molecule has 0 fully saturated rings. The van der Waals surface area contributed by atoms with Gasteiger partial charge < -0.3 is 4.74 Å². The van der Waals surface area contributed by atoms with Gasteiger partial charge >= 0.3 is 11.7 Å². The van der Waals surface area contributed by atoms with Gasteiger partial charge in [-0.2, -0.15) is 5.10 Å². The van der Waals surface area contributed by atoms with Crippen LogP contribution >= 0.6 is 11.8 Å². The van der Waals surface area contributed by atoms with Gasteiger partial charge in [-0.15, -0.1) is 0 Å². The molecule has 1 rings (SSSR count). The minimum absolute atomic E-state index is 0.185. The van der Waals surface area contributed by atoms with Crippen molar-refractivity contribution >= 4 is 17.7 Å². The Morgan fingerprint density at radius 2 is 2.25 bits per heavy atom. The molecule has 0 amide bonds. The summed E-state index contributed by atoms with van der Waals surface area (Å²) in [6.07, 6.45) is 0.877. The van der Waals surface area contributed by atoms with Gasteiger partial charge in [0.05, 0.1) is 7.11 Å². The molecular weight excluding hydrogens is 234 g/mol. The van der Waals surface area contributed by atoms with Gasteiger partial charge in [-0.1, -0.05) is 11.8 Å². The van der Waals surface area contributed by atoms with E-state index < -0.39 is 11.2 Å². The fourth-order valence-electron chi connectivity index (χ4n) is 0.922. The van der Waals surface area contributed by atoms with Crippen molar-refractivity contribution in [2.24, 2.45) is 0 Å². The van der Waals surface area contributed by atoms with Gasteiger partial charge in [0, 0.05) is 12.2 Å². The second kappa shape index (κ2) is 6.11. The summed E-state index contributed by atoms with van der Waals surface area (Å²) in [6.45, 7) is 0. The monoisotopic (exact) mass is 245 g/mol. The molecule has 7 nitrogen and oxygen atoms in total. The Labute approximate surface area is 94.6 Å². The SMILES string of the molecule is COC(=O)CCCSc1n[nH]c(=O)[nH]c1=O. The molecule has 1 aromatic rings. The molecule has 0 aliphatic rings. The normalized spacial score (nSPS) is 10.1. The van der Waals surface area contributed by atoms with E-state index in [9.17, 15) is 14.4 Å². The second-order valence-electron chi connectivity index (χ2n) is 2.84. The summed E-state index contributed by atoms with van der Waals surface area (Å²) in [4.78, 5) is 34.7. The molecule has 0 saturated carbocycles. The average Bonchev–Trinajstić information content (AvgIpc) is 2.26. The summed E-state index contributed by atoms with van der Waals surface area (Å²) in [7, 11) is 1.32.